The number of hydrogen-bond donors (Lipinski definition) is 2. The summed E-state index contributed by atoms with van der Waals surface area (Å²) in [6.07, 6.45) is 1.53. The van der Waals surface area contributed by atoms with Gasteiger partial charge in [0, 0.05) is 12.7 Å². The highest BCUT2D eigenvalue weighted by Crippen LogP contribution is 2.28. The lowest BCUT2D eigenvalue weighted by Crippen LogP contribution is -2.35. The minimum absolute atomic E-state index is 0.263. The largest absolute Gasteiger partial charge is 0.361 e. The van der Waals surface area contributed by atoms with Crippen LogP contribution in [0.5, 0.6) is 0 Å². The molecule has 0 spiro atoms. The number of nitrogens with one attached hydrogen (secondary N) is 1. The number of hydrogen-bond acceptors (Lipinski definition) is 5. The molecule has 0 amide bonds. The van der Waals surface area contributed by atoms with E-state index in [9.17, 15) is 8.42 Å². The molecule has 1 aliphatic rings. The molecule has 6 heteroatoms. The van der Waals surface area contributed by atoms with Crippen LogP contribution in [-0.4, -0.2) is 27.9 Å². The monoisotopic (exact) mass is 255 g/mol. The molecule has 5 nitrogen and oxygen atoms in total. The molecule has 1 aliphatic heterocycles. The van der Waals surface area contributed by atoms with Crippen LogP contribution in [0.4, 0.5) is 5.69 Å². The van der Waals surface area contributed by atoms with Crippen molar-refractivity contribution in [2.24, 2.45) is 5.84 Å². The molecule has 0 unspecified atom stereocenters. The van der Waals surface area contributed by atoms with Gasteiger partial charge in [-0.05, 0) is 36.6 Å². The molecule has 1 aromatic carbocycles. The highest BCUT2D eigenvalue weighted by Gasteiger charge is 2.23. The lowest BCUT2D eigenvalue weighted by atomic mass is 10.1. The first-order valence-electron chi connectivity index (χ1n) is 5.55. The van der Waals surface area contributed by atoms with Gasteiger partial charge in [-0.3, -0.25) is 5.84 Å². The Kier molecular flexibility index (Phi) is 3.37. The van der Waals surface area contributed by atoms with Gasteiger partial charge in [-0.1, -0.05) is 0 Å². The van der Waals surface area contributed by atoms with E-state index < -0.39 is 9.84 Å². The zero-order valence-electron chi connectivity index (χ0n) is 9.81. The molecule has 0 radical (unpaired) electrons. The second-order valence-electron chi connectivity index (χ2n) is 4.27. The minimum atomic E-state index is -3.06. The Hall–Kier alpha value is -1.11. The topological polar surface area (TPSA) is 75.4 Å². The summed E-state index contributed by atoms with van der Waals surface area (Å²) in [4.78, 5) is 2.42. The number of fused-ring (bicyclic) bond motifs is 1. The number of nitrogens with zero attached hydrogens (tertiary/aromatic N) is 1. The van der Waals surface area contributed by atoms with Crippen LogP contribution in [0.15, 0.2) is 23.1 Å². The molecule has 94 valence electrons. The van der Waals surface area contributed by atoms with Crippen molar-refractivity contribution in [3.63, 3.8) is 0 Å². The van der Waals surface area contributed by atoms with Crippen LogP contribution in [-0.2, 0) is 16.3 Å². The molecule has 3 N–H and O–H groups in total. The van der Waals surface area contributed by atoms with Crippen LogP contribution in [0.2, 0.25) is 0 Å². The van der Waals surface area contributed by atoms with Crippen LogP contribution in [0.25, 0.3) is 0 Å². The third-order valence-corrected chi connectivity index (χ3v) is 4.90. The molecule has 17 heavy (non-hydrogen) atoms. The summed E-state index contributed by atoms with van der Waals surface area (Å²) in [6, 6.07) is 5.45. The quantitative estimate of drug-likeness (QED) is 0.460. The lowest BCUT2D eigenvalue weighted by Gasteiger charge is -2.22. The van der Waals surface area contributed by atoms with E-state index >= 15 is 0 Å². The van der Waals surface area contributed by atoms with Gasteiger partial charge in [-0.2, -0.15) is 0 Å². The van der Waals surface area contributed by atoms with Crippen molar-refractivity contribution in [2.45, 2.75) is 17.7 Å². The fourth-order valence-electron chi connectivity index (χ4n) is 2.09. The molecule has 0 saturated heterocycles. The Labute approximate surface area is 101 Å². The summed E-state index contributed by atoms with van der Waals surface area (Å²) in [6.45, 7) is 0.519. The summed E-state index contributed by atoms with van der Waals surface area (Å²) in [5.41, 5.74) is 4.46. The van der Waals surface area contributed by atoms with Gasteiger partial charge in [0.05, 0.1) is 17.3 Å². The number of sulfone groups is 1. The molecule has 1 aromatic rings. The van der Waals surface area contributed by atoms with E-state index in [0.29, 0.717) is 18.0 Å². The number of hydrazine groups is 1. The molecule has 0 bridgehead atoms. The molecule has 0 fully saturated rings. The molecule has 1 heterocycles. The lowest BCUT2D eigenvalue weighted by molar-refractivity contribution is 0.586. The van der Waals surface area contributed by atoms with E-state index in [1.54, 1.807) is 6.07 Å². The van der Waals surface area contributed by atoms with E-state index in [-0.39, 0.29) is 5.75 Å². The summed E-state index contributed by atoms with van der Waals surface area (Å²) in [7, 11) is -1.15. The van der Waals surface area contributed by atoms with Crippen molar-refractivity contribution in [2.75, 3.05) is 24.4 Å². The van der Waals surface area contributed by atoms with E-state index in [1.165, 1.54) is 0 Å². The first-order valence-corrected chi connectivity index (χ1v) is 7.20. The molecule has 0 atom stereocenters. The summed E-state index contributed by atoms with van der Waals surface area (Å²) < 4.78 is 23.7. The number of rotatable bonds is 3. The van der Waals surface area contributed by atoms with Crippen LogP contribution < -0.4 is 16.2 Å². The highest BCUT2D eigenvalue weighted by molar-refractivity contribution is 7.91. The van der Waals surface area contributed by atoms with Gasteiger partial charge in [-0.15, -0.1) is 0 Å². The van der Waals surface area contributed by atoms with Gasteiger partial charge < -0.3 is 4.90 Å². The Morgan fingerprint density at radius 2 is 2.24 bits per heavy atom. The second kappa shape index (κ2) is 4.64. The van der Waals surface area contributed by atoms with Crippen LogP contribution in [0.1, 0.15) is 12.0 Å². The van der Waals surface area contributed by atoms with Gasteiger partial charge in [0.2, 0.25) is 0 Å². The predicted octanol–water partition coefficient (Wildman–Crippen LogP) is 0.263. The third kappa shape index (κ3) is 2.43. The normalized spacial score (nSPS) is 17.5. The smallest absolute Gasteiger partial charge is 0.178 e. The third-order valence-electron chi connectivity index (χ3n) is 3.01. The van der Waals surface area contributed by atoms with Crippen molar-refractivity contribution in [1.82, 2.24) is 5.43 Å². The Morgan fingerprint density at radius 3 is 2.94 bits per heavy atom. The average Bonchev–Trinajstić information content (AvgIpc) is 2.28. The standard InChI is InChI=1S/C11H17N3O2S/c1-14(8-13-12)10-4-5-11-9(7-10)3-2-6-17(11,15)16/h4-5,7,13H,2-3,6,8,12H2,1H3. The van der Waals surface area contributed by atoms with Crippen molar-refractivity contribution in [3.05, 3.63) is 23.8 Å². The fourth-order valence-corrected chi connectivity index (χ4v) is 3.67. The fraction of sp³-hybridized carbons (Fsp3) is 0.455. The molecular formula is C11H17N3O2S. The van der Waals surface area contributed by atoms with Crippen LogP contribution in [0, 0.1) is 0 Å². The zero-order chi connectivity index (χ0) is 12.5. The first-order chi connectivity index (χ1) is 8.04. The van der Waals surface area contributed by atoms with Crippen LogP contribution in [0.3, 0.4) is 0 Å². The van der Waals surface area contributed by atoms with E-state index in [4.69, 9.17) is 5.84 Å². The molecule has 0 saturated carbocycles. The number of anilines is 1. The molecule has 0 aromatic heterocycles. The highest BCUT2D eigenvalue weighted by atomic mass is 32.2. The first kappa shape index (κ1) is 12.3. The summed E-state index contributed by atoms with van der Waals surface area (Å²) in [5.74, 6) is 5.52. The number of aryl methyl sites for hydroxylation is 1. The van der Waals surface area contributed by atoms with Crippen molar-refractivity contribution in [1.29, 1.82) is 0 Å². The van der Waals surface area contributed by atoms with Gasteiger partial charge in [0.1, 0.15) is 0 Å². The predicted molar refractivity (Wildman–Crippen MR) is 67.4 cm³/mol. The van der Waals surface area contributed by atoms with E-state index in [2.05, 4.69) is 5.43 Å². The van der Waals surface area contributed by atoms with Crippen LogP contribution >= 0.6 is 0 Å². The summed E-state index contributed by atoms with van der Waals surface area (Å²) >= 11 is 0. The maximum atomic E-state index is 11.8. The van der Waals surface area contributed by atoms with Gasteiger partial charge in [0.15, 0.2) is 9.84 Å². The van der Waals surface area contributed by atoms with E-state index in [0.717, 1.165) is 17.7 Å². The molecular weight excluding hydrogens is 238 g/mol. The SMILES string of the molecule is CN(CNN)c1ccc2c(c1)CCCS2(=O)=O. The average molecular weight is 255 g/mol. The minimum Gasteiger partial charge on any atom is -0.361 e. The summed E-state index contributed by atoms with van der Waals surface area (Å²) in [5, 5.41) is 0. The second-order valence-corrected chi connectivity index (χ2v) is 6.35. The van der Waals surface area contributed by atoms with Gasteiger partial charge in [0.25, 0.3) is 0 Å². The Bertz CT molecular complexity index is 513. The van der Waals surface area contributed by atoms with Gasteiger partial charge in [-0.25, -0.2) is 13.8 Å². The Morgan fingerprint density at radius 1 is 1.47 bits per heavy atom. The Balaban J connectivity index is 2.38. The van der Waals surface area contributed by atoms with E-state index in [1.807, 2.05) is 24.1 Å². The molecule has 0 aliphatic carbocycles. The number of nitrogens with two attached hydrogens (primary N) is 1. The zero-order valence-corrected chi connectivity index (χ0v) is 10.6. The maximum Gasteiger partial charge on any atom is 0.178 e. The number of benzene rings is 1. The maximum absolute atomic E-state index is 11.8. The van der Waals surface area contributed by atoms with Crippen molar-refractivity contribution < 1.29 is 8.42 Å². The van der Waals surface area contributed by atoms with Gasteiger partial charge >= 0.3 is 0 Å². The van der Waals surface area contributed by atoms with Crippen molar-refractivity contribution >= 4 is 15.5 Å². The van der Waals surface area contributed by atoms with Crippen molar-refractivity contribution in [3.8, 4) is 0 Å². The molecule has 2 rings (SSSR count).